The average molecular weight is 349 g/mol. The van der Waals surface area contributed by atoms with Crippen molar-refractivity contribution in [1.82, 2.24) is 0 Å². The van der Waals surface area contributed by atoms with E-state index in [1.807, 2.05) is 26.0 Å². The zero-order valence-corrected chi connectivity index (χ0v) is 14.4. The van der Waals surface area contributed by atoms with Crippen molar-refractivity contribution < 1.29 is 9.53 Å². The summed E-state index contributed by atoms with van der Waals surface area (Å²) < 4.78 is 5.14. The van der Waals surface area contributed by atoms with Crippen LogP contribution in [0.2, 0.25) is 5.02 Å². The Balaban J connectivity index is 1.93. The van der Waals surface area contributed by atoms with Gasteiger partial charge in [0.15, 0.2) is 5.11 Å². The second-order valence-corrected chi connectivity index (χ2v) is 5.96. The molecule has 0 atom stereocenters. The topological polar surface area (TPSA) is 50.4 Å². The van der Waals surface area contributed by atoms with Crippen LogP contribution in [0.5, 0.6) is 0 Å². The molecule has 2 N–H and O–H groups in total. The first-order valence-corrected chi connectivity index (χ1v) is 7.87. The number of anilines is 2. The predicted molar refractivity (Wildman–Crippen MR) is 98.3 cm³/mol. The van der Waals surface area contributed by atoms with Crippen LogP contribution in [-0.4, -0.2) is 17.2 Å². The molecule has 0 heterocycles. The van der Waals surface area contributed by atoms with E-state index in [0.717, 1.165) is 11.4 Å². The van der Waals surface area contributed by atoms with Gasteiger partial charge in [0, 0.05) is 16.4 Å². The fraction of sp³-hybridized carbons (Fsp3) is 0.176. The fourth-order valence-corrected chi connectivity index (χ4v) is 2.16. The molecule has 120 valence electrons. The van der Waals surface area contributed by atoms with Crippen molar-refractivity contribution in [2.75, 3.05) is 10.6 Å². The van der Waals surface area contributed by atoms with E-state index in [0.29, 0.717) is 15.7 Å². The lowest BCUT2D eigenvalue weighted by Gasteiger charge is -2.11. The van der Waals surface area contributed by atoms with Crippen molar-refractivity contribution in [1.29, 1.82) is 0 Å². The van der Waals surface area contributed by atoms with Gasteiger partial charge in [-0.3, -0.25) is 0 Å². The first-order valence-electron chi connectivity index (χ1n) is 7.08. The lowest BCUT2D eigenvalue weighted by Crippen LogP contribution is -2.19. The molecule has 0 aromatic heterocycles. The minimum Gasteiger partial charge on any atom is -0.459 e. The molecule has 0 aliphatic carbocycles. The maximum atomic E-state index is 11.8. The van der Waals surface area contributed by atoms with Gasteiger partial charge in [0.05, 0.1) is 11.7 Å². The van der Waals surface area contributed by atoms with Crippen molar-refractivity contribution in [2.24, 2.45) is 0 Å². The Kier molecular flexibility index (Phi) is 5.96. The van der Waals surface area contributed by atoms with Gasteiger partial charge >= 0.3 is 5.97 Å². The molecule has 0 bridgehead atoms. The fourth-order valence-electron chi connectivity index (χ4n) is 1.80. The van der Waals surface area contributed by atoms with Gasteiger partial charge in [0.2, 0.25) is 0 Å². The molecular formula is C17H17ClN2O2S. The quantitative estimate of drug-likeness (QED) is 0.618. The molecule has 0 radical (unpaired) electrons. The molecule has 6 heteroatoms. The van der Waals surface area contributed by atoms with Crippen LogP contribution in [0, 0.1) is 0 Å². The smallest absolute Gasteiger partial charge is 0.338 e. The Morgan fingerprint density at radius 1 is 1.00 bits per heavy atom. The highest BCUT2D eigenvalue weighted by atomic mass is 35.5. The summed E-state index contributed by atoms with van der Waals surface area (Å²) in [5, 5.41) is 7.21. The maximum Gasteiger partial charge on any atom is 0.338 e. The summed E-state index contributed by atoms with van der Waals surface area (Å²) in [5.41, 5.74) is 2.11. The molecule has 2 aromatic rings. The van der Waals surface area contributed by atoms with Gasteiger partial charge in [-0.1, -0.05) is 11.6 Å². The zero-order chi connectivity index (χ0) is 16.8. The van der Waals surface area contributed by atoms with Gasteiger partial charge in [0.1, 0.15) is 0 Å². The average Bonchev–Trinajstić information content (AvgIpc) is 2.49. The number of hydrogen-bond donors (Lipinski definition) is 2. The van der Waals surface area contributed by atoms with Crippen molar-refractivity contribution >= 4 is 46.3 Å². The molecule has 0 fully saturated rings. The highest BCUT2D eigenvalue weighted by Gasteiger charge is 2.09. The number of ether oxygens (including phenoxy) is 1. The lowest BCUT2D eigenvalue weighted by molar-refractivity contribution is 0.0378. The Bertz CT molecular complexity index is 685. The molecule has 0 unspecified atom stereocenters. The van der Waals surface area contributed by atoms with Crippen LogP contribution in [-0.2, 0) is 4.74 Å². The first-order chi connectivity index (χ1) is 10.9. The van der Waals surface area contributed by atoms with E-state index in [2.05, 4.69) is 10.6 Å². The van der Waals surface area contributed by atoms with Crippen LogP contribution >= 0.6 is 23.8 Å². The first kappa shape index (κ1) is 17.2. The normalized spacial score (nSPS) is 10.3. The highest BCUT2D eigenvalue weighted by Crippen LogP contribution is 2.15. The molecule has 0 spiro atoms. The van der Waals surface area contributed by atoms with Gasteiger partial charge in [0.25, 0.3) is 0 Å². The molecule has 0 aliphatic rings. The van der Waals surface area contributed by atoms with E-state index in [1.165, 1.54) is 0 Å². The third kappa shape index (κ3) is 5.54. The zero-order valence-electron chi connectivity index (χ0n) is 12.8. The number of hydrogen-bond acceptors (Lipinski definition) is 3. The summed E-state index contributed by atoms with van der Waals surface area (Å²) in [4.78, 5) is 11.8. The number of carbonyl (C=O) groups excluding carboxylic acids is 1. The number of carbonyl (C=O) groups is 1. The van der Waals surface area contributed by atoms with Gasteiger partial charge in [-0.2, -0.15) is 0 Å². The minimum absolute atomic E-state index is 0.142. The van der Waals surface area contributed by atoms with Crippen LogP contribution in [0.25, 0.3) is 0 Å². The summed E-state index contributed by atoms with van der Waals surface area (Å²) in [6.45, 7) is 3.63. The van der Waals surface area contributed by atoms with Crippen molar-refractivity contribution in [3.63, 3.8) is 0 Å². The van der Waals surface area contributed by atoms with Crippen LogP contribution in [0.3, 0.4) is 0 Å². The lowest BCUT2D eigenvalue weighted by atomic mass is 10.2. The molecule has 2 rings (SSSR count). The molecule has 0 aliphatic heterocycles. The molecule has 4 nitrogen and oxygen atoms in total. The highest BCUT2D eigenvalue weighted by molar-refractivity contribution is 7.80. The van der Waals surface area contributed by atoms with Crippen molar-refractivity contribution in [3.05, 3.63) is 59.1 Å². The summed E-state index contributed by atoms with van der Waals surface area (Å²) in [6.07, 6.45) is -0.142. The molecular weight excluding hydrogens is 332 g/mol. The second-order valence-electron chi connectivity index (χ2n) is 5.12. The Morgan fingerprint density at radius 2 is 1.48 bits per heavy atom. The van der Waals surface area contributed by atoms with E-state index >= 15 is 0 Å². The minimum atomic E-state index is -0.339. The Hall–Kier alpha value is -2.11. The standard InChI is InChI=1S/C17H17ClN2O2S/c1-11(2)22-16(21)12-3-7-14(8-4-12)19-17(23)20-15-9-5-13(18)6-10-15/h3-11H,1-2H3,(H2,19,20,23). The summed E-state index contributed by atoms with van der Waals surface area (Å²) >= 11 is 11.1. The monoisotopic (exact) mass is 348 g/mol. The molecule has 23 heavy (non-hydrogen) atoms. The van der Waals surface area contributed by atoms with Crippen LogP contribution < -0.4 is 10.6 Å². The number of esters is 1. The van der Waals surface area contributed by atoms with Gasteiger partial charge in [-0.15, -0.1) is 0 Å². The summed E-state index contributed by atoms with van der Waals surface area (Å²) in [7, 11) is 0. The molecule has 0 saturated heterocycles. The van der Waals surface area contributed by atoms with E-state index in [9.17, 15) is 4.79 Å². The Labute approximate surface area is 145 Å². The van der Waals surface area contributed by atoms with Crippen LogP contribution in [0.1, 0.15) is 24.2 Å². The van der Waals surface area contributed by atoms with Crippen molar-refractivity contribution in [3.8, 4) is 0 Å². The van der Waals surface area contributed by atoms with Gasteiger partial charge in [-0.25, -0.2) is 4.79 Å². The second kappa shape index (κ2) is 7.94. The predicted octanol–water partition coefficient (Wildman–Crippen LogP) is 4.71. The summed E-state index contributed by atoms with van der Waals surface area (Å²) in [6, 6.07) is 14.2. The summed E-state index contributed by atoms with van der Waals surface area (Å²) in [5.74, 6) is -0.339. The number of rotatable bonds is 4. The third-order valence-electron chi connectivity index (χ3n) is 2.82. The van der Waals surface area contributed by atoms with Gasteiger partial charge < -0.3 is 15.4 Å². The Morgan fingerprint density at radius 3 is 1.96 bits per heavy atom. The van der Waals surface area contributed by atoms with Crippen LogP contribution in [0.4, 0.5) is 11.4 Å². The molecule has 0 amide bonds. The van der Waals surface area contributed by atoms with E-state index in [-0.39, 0.29) is 12.1 Å². The van der Waals surface area contributed by atoms with E-state index in [1.54, 1.807) is 36.4 Å². The van der Waals surface area contributed by atoms with Gasteiger partial charge in [-0.05, 0) is 74.6 Å². The van der Waals surface area contributed by atoms with E-state index in [4.69, 9.17) is 28.6 Å². The number of halogens is 1. The number of thiocarbonyl (C=S) groups is 1. The SMILES string of the molecule is CC(C)OC(=O)c1ccc(NC(=S)Nc2ccc(Cl)cc2)cc1. The molecule has 0 saturated carbocycles. The maximum absolute atomic E-state index is 11.8. The number of benzene rings is 2. The van der Waals surface area contributed by atoms with E-state index < -0.39 is 0 Å². The van der Waals surface area contributed by atoms with Crippen LogP contribution in [0.15, 0.2) is 48.5 Å². The van der Waals surface area contributed by atoms with Crippen molar-refractivity contribution in [2.45, 2.75) is 20.0 Å². The third-order valence-corrected chi connectivity index (χ3v) is 3.28. The number of nitrogens with one attached hydrogen (secondary N) is 2. The molecule has 2 aromatic carbocycles. The largest absolute Gasteiger partial charge is 0.459 e.